The zero-order valence-electron chi connectivity index (χ0n) is 57.3. The van der Waals surface area contributed by atoms with Gasteiger partial charge in [0.15, 0.2) is 0 Å². The van der Waals surface area contributed by atoms with Crippen LogP contribution in [-0.4, -0.2) is 0 Å². The second kappa shape index (κ2) is 23.6. The van der Waals surface area contributed by atoms with Gasteiger partial charge in [0.05, 0.1) is 21.9 Å². The van der Waals surface area contributed by atoms with E-state index in [4.69, 9.17) is 0 Å². The molecule has 0 saturated heterocycles. The van der Waals surface area contributed by atoms with E-state index in [9.17, 15) is 0 Å². The zero-order chi connectivity index (χ0) is 68.4. The van der Waals surface area contributed by atoms with Crippen LogP contribution in [-0.2, 0) is 16.2 Å². The SMILES string of the molecule is Cc1ccc2c(c1)C(c1ccccc1)(c1ccccc1)c1cc(N(c3ccc(-c4ccc(N(c5cccc(-c6ccccc6)c5)c5cccc6c5-c5ccccc5C65c6ccccc6-c6ccccc65)cc4)cc3)c3ccc4c(c3)C(c3ccccc3)(c3ccccc3)c3cc(C)ccc3-4)ccc1-2. The summed E-state index contributed by atoms with van der Waals surface area (Å²) in [6.45, 7) is 4.46. The van der Waals surface area contributed by atoms with Gasteiger partial charge in [-0.05, 0) is 209 Å². The van der Waals surface area contributed by atoms with Gasteiger partial charge in [-0.2, -0.15) is 0 Å². The van der Waals surface area contributed by atoms with Crippen LogP contribution in [0.25, 0.3) is 66.8 Å². The lowest BCUT2D eigenvalue weighted by Gasteiger charge is -2.36. The molecular formula is C101H70N2. The Hall–Kier alpha value is -12.9. The molecule has 4 aliphatic carbocycles. The molecule has 20 rings (SSSR count). The molecule has 0 radical (unpaired) electrons. The molecule has 0 unspecified atom stereocenters. The van der Waals surface area contributed by atoms with E-state index in [1.807, 2.05) is 0 Å². The van der Waals surface area contributed by atoms with Crippen molar-refractivity contribution in [1.29, 1.82) is 0 Å². The van der Waals surface area contributed by atoms with Gasteiger partial charge < -0.3 is 9.80 Å². The first kappa shape index (κ1) is 60.1. The van der Waals surface area contributed by atoms with Gasteiger partial charge in [0.1, 0.15) is 0 Å². The maximum absolute atomic E-state index is 2.52. The highest BCUT2D eigenvalue weighted by Crippen LogP contribution is 2.66. The molecule has 16 aromatic carbocycles. The molecule has 0 bridgehead atoms. The second-order valence-corrected chi connectivity index (χ2v) is 28.3. The summed E-state index contributed by atoms with van der Waals surface area (Å²) in [5, 5.41) is 0. The summed E-state index contributed by atoms with van der Waals surface area (Å²) in [6, 6.07) is 146. The largest absolute Gasteiger partial charge is 0.310 e. The summed E-state index contributed by atoms with van der Waals surface area (Å²) in [4.78, 5) is 5.02. The topological polar surface area (TPSA) is 6.48 Å². The van der Waals surface area contributed by atoms with Crippen LogP contribution in [0.3, 0.4) is 0 Å². The van der Waals surface area contributed by atoms with Gasteiger partial charge >= 0.3 is 0 Å². The number of aryl methyl sites for hydroxylation is 2. The summed E-state index contributed by atoms with van der Waals surface area (Å²) < 4.78 is 0. The van der Waals surface area contributed by atoms with Crippen LogP contribution < -0.4 is 9.80 Å². The summed E-state index contributed by atoms with van der Waals surface area (Å²) in [5.74, 6) is 0. The Bertz CT molecular complexity index is 5690. The summed E-state index contributed by atoms with van der Waals surface area (Å²) in [7, 11) is 0. The van der Waals surface area contributed by atoms with Crippen molar-refractivity contribution in [2.24, 2.45) is 0 Å². The van der Waals surface area contributed by atoms with Crippen molar-refractivity contribution in [2.75, 3.05) is 9.80 Å². The maximum Gasteiger partial charge on any atom is 0.0726 e. The van der Waals surface area contributed by atoms with Crippen LogP contribution in [0.4, 0.5) is 34.1 Å². The number of benzene rings is 16. The molecule has 0 N–H and O–H groups in total. The number of rotatable bonds is 12. The van der Waals surface area contributed by atoms with E-state index in [0.717, 1.165) is 50.8 Å². The Morgan fingerprint density at radius 1 is 0.184 bits per heavy atom. The normalized spacial score (nSPS) is 13.8. The average molecular weight is 1310 g/mol. The van der Waals surface area contributed by atoms with Crippen LogP contribution >= 0.6 is 0 Å². The van der Waals surface area contributed by atoms with E-state index in [1.165, 1.54) is 128 Å². The quantitative estimate of drug-likeness (QED) is 0.120. The molecule has 2 heteroatoms. The number of fused-ring (bicyclic) bond motifs is 16. The third-order valence-corrected chi connectivity index (χ3v) is 22.9. The third kappa shape index (κ3) is 8.87. The summed E-state index contributed by atoms with van der Waals surface area (Å²) >= 11 is 0. The molecule has 0 atom stereocenters. The van der Waals surface area contributed by atoms with E-state index in [2.05, 4.69) is 412 Å². The highest BCUT2D eigenvalue weighted by atomic mass is 15.2. The predicted octanol–water partition coefficient (Wildman–Crippen LogP) is 25.6. The smallest absolute Gasteiger partial charge is 0.0726 e. The van der Waals surface area contributed by atoms with Gasteiger partial charge in [0, 0.05) is 34.0 Å². The summed E-state index contributed by atoms with van der Waals surface area (Å²) in [5.41, 5.74) is 37.4. The molecule has 0 saturated carbocycles. The van der Waals surface area contributed by atoms with Crippen molar-refractivity contribution >= 4 is 34.1 Å². The van der Waals surface area contributed by atoms with Gasteiger partial charge in [-0.1, -0.05) is 333 Å². The lowest BCUT2D eigenvalue weighted by molar-refractivity contribution is 0.766. The molecule has 4 aliphatic rings. The van der Waals surface area contributed by atoms with Crippen LogP contribution in [0.5, 0.6) is 0 Å². The van der Waals surface area contributed by atoms with Crippen molar-refractivity contribution in [2.45, 2.75) is 30.1 Å². The van der Waals surface area contributed by atoms with Gasteiger partial charge in [-0.15, -0.1) is 0 Å². The Morgan fingerprint density at radius 2 is 0.505 bits per heavy atom. The number of hydrogen-bond donors (Lipinski definition) is 0. The lowest BCUT2D eigenvalue weighted by Crippen LogP contribution is -2.29. The van der Waals surface area contributed by atoms with E-state index < -0.39 is 16.2 Å². The van der Waals surface area contributed by atoms with Crippen molar-refractivity contribution in [3.63, 3.8) is 0 Å². The first-order chi connectivity index (χ1) is 50.9. The summed E-state index contributed by atoms with van der Waals surface area (Å²) in [6.07, 6.45) is 0. The van der Waals surface area contributed by atoms with E-state index >= 15 is 0 Å². The standard InChI is InChI=1S/C101H70N2/c1-67-46-58-84-86-60-56-80(65-95(86)99(93(84)62-67,73-29-10-4-11-30-73)74-31-12-5-13-32-74)102(81-57-61-87-85-59-47-68(2)63-94(85)100(96(87)66-81,75-33-14-6-15-34-75)76-35-16-7-17-36-76)77-52-48-70(49-53-77)71-50-54-78(55-51-71)103(79-37-24-28-72(64-79)69-26-8-3-9-27-69)97-45-25-44-92-98(97)88-40-20-23-43-91(88)101(92)89-41-21-18-38-82(89)83-39-19-22-42-90(83)101/h3-66H,1-2H3. The number of nitrogens with zero attached hydrogens (tertiary/aromatic N) is 2. The minimum absolute atomic E-state index is 0.487. The molecular weight excluding hydrogens is 1240 g/mol. The van der Waals surface area contributed by atoms with Gasteiger partial charge in [-0.3, -0.25) is 0 Å². The van der Waals surface area contributed by atoms with Crippen LogP contribution in [0, 0.1) is 13.8 Å². The molecule has 0 fully saturated rings. The van der Waals surface area contributed by atoms with Gasteiger partial charge in [0.2, 0.25) is 0 Å². The van der Waals surface area contributed by atoms with Crippen LogP contribution in [0.1, 0.15) is 77.9 Å². The highest BCUT2D eigenvalue weighted by Gasteiger charge is 2.53. The molecule has 0 amide bonds. The van der Waals surface area contributed by atoms with Crippen LogP contribution in [0.2, 0.25) is 0 Å². The Labute approximate surface area is 603 Å². The molecule has 484 valence electrons. The maximum atomic E-state index is 2.52. The fourth-order valence-electron chi connectivity index (χ4n) is 18.7. The van der Waals surface area contributed by atoms with E-state index in [1.54, 1.807) is 0 Å². The molecule has 0 aromatic heterocycles. The van der Waals surface area contributed by atoms with Crippen molar-refractivity contribution in [1.82, 2.24) is 0 Å². The van der Waals surface area contributed by atoms with Gasteiger partial charge in [0.25, 0.3) is 0 Å². The van der Waals surface area contributed by atoms with E-state index in [-0.39, 0.29) is 0 Å². The average Bonchev–Trinajstić information content (AvgIpc) is 1.51. The van der Waals surface area contributed by atoms with Crippen molar-refractivity contribution in [3.8, 4) is 66.8 Å². The zero-order valence-corrected chi connectivity index (χ0v) is 57.3. The van der Waals surface area contributed by atoms with Crippen molar-refractivity contribution < 1.29 is 0 Å². The Kier molecular flexibility index (Phi) is 13.8. The molecule has 103 heavy (non-hydrogen) atoms. The fourth-order valence-corrected chi connectivity index (χ4v) is 18.7. The molecule has 16 aromatic rings. The lowest BCUT2D eigenvalue weighted by atomic mass is 9.67. The van der Waals surface area contributed by atoms with Crippen LogP contribution in [0.15, 0.2) is 388 Å². The fraction of sp³-hybridized carbons (Fsp3) is 0.0495. The Morgan fingerprint density at radius 3 is 0.971 bits per heavy atom. The van der Waals surface area contributed by atoms with Gasteiger partial charge in [-0.25, -0.2) is 0 Å². The predicted molar refractivity (Wildman–Crippen MR) is 427 cm³/mol. The molecule has 2 nitrogen and oxygen atoms in total. The minimum Gasteiger partial charge on any atom is -0.310 e. The third-order valence-electron chi connectivity index (χ3n) is 22.9. The van der Waals surface area contributed by atoms with E-state index in [0.29, 0.717) is 0 Å². The minimum atomic E-state index is -0.605. The molecule has 0 heterocycles. The molecule has 0 aliphatic heterocycles. The van der Waals surface area contributed by atoms with Crippen molar-refractivity contribution in [3.05, 3.63) is 466 Å². The first-order valence-electron chi connectivity index (χ1n) is 36.0. The number of hydrogen-bond acceptors (Lipinski definition) is 2. The second-order valence-electron chi connectivity index (χ2n) is 28.3. The Balaban J connectivity index is 0.757. The highest BCUT2D eigenvalue weighted by molar-refractivity contribution is 6.02. The number of anilines is 6. The first-order valence-corrected chi connectivity index (χ1v) is 36.0. The monoisotopic (exact) mass is 1310 g/mol. The molecule has 1 spiro atoms.